The van der Waals surface area contributed by atoms with Crippen LogP contribution < -0.4 is 5.73 Å². The SMILES string of the molecule is CCOC(=O)C(CC)n1cc(N)c(C)n1. The summed E-state index contributed by atoms with van der Waals surface area (Å²) >= 11 is 0. The molecule has 0 fully saturated rings. The van der Waals surface area contributed by atoms with Gasteiger partial charge in [0.2, 0.25) is 0 Å². The van der Waals surface area contributed by atoms with Crippen molar-refractivity contribution in [2.75, 3.05) is 12.3 Å². The van der Waals surface area contributed by atoms with Crippen LogP contribution >= 0.6 is 0 Å². The van der Waals surface area contributed by atoms with Crippen molar-refractivity contribution in [3.63, 3.8) is 0 Å². The summed E-state index contributed by atoms with van der Waals surface area (Å²) in [6.45, 7) is 5.89. The van der Waals surface area contributed by atoms with E-state index in [1.54, 1.807) is 17.8 Å². The van der Waals surface area contributed by atoms with E-state index in [9.17, 15) is 4.79 Å². The Bertz CT molecular complexity index is 327. The number of ether oxygens (including phenoxy) is 1. The Morgan fingerprint density at radius 3 is 2.73 bits per heavy atom. The van der Waals surface area contributed by atoms with E-state index in [4.69, 9.17) is 10.5 Å². The van der Waals surface area contributed by atoms with Gasteiger partial charge in [-0.2, -0.15) is 5.10 Å². The van der Waals surface area contributed by atoms with E-state index < -0.39 is 0 Å². The van der Waals surface area contributed by atoms with E-state index >= 15 is 0 Å². The molecule has 0 saturated heterocycles. The van der Waals surface area contributed by atoms with Crippen molar-refractivity contribution >= 4 is 11.7 Å². The van der Waals surface area contributed by atoms with E-state index in [1.807, 2.05) is 13.8 Å². The molecule has 1 unspecified atom stereocenters. The number of hydrogen-bond donors (Lipinski definition) is 1. The molecule has 0 radical (unpaired) electrons. The molecular weight excluding hydrogens is 194 g/mol. The Balaban J connectivity index is 2.87. The van der Waals surface area contributed by atoms with Gasteiger partial charge in [-0.15, -0.1) is 0 Å². The van der Waals surface area contributed by atoms with Gasteiger partial charge in [-0.05, 0) is 20.3 Å². The molecule has 1 aromatic rings. The van der Waals surface area contributed by atoms with E-state index in [-0.39, 0.29) is 12.0 Å². The van der Waals surface area contributed by atoms with Crippen molar-refractivity contribution in [2.24, 2.45) is 0 Å². The molecule has 0 aliphatic heterocycles. The van der Waals surface area contributed by atoms with E-state index in [0.717, 1.165) is 5.69 Å². The molecule has 0 aliphatic carbocycles. The Labute approximate surface area is 89.2 Å². The maximum atomic E-state index is 11.6. The van der Waals surface area contributed by atoms with Crippen molar-refractivity contribution < 1.29 is 9.53 Å². The molecule has 5 nitrogen and oxygen atoms in total. The predicted octanol–water partition coefficient (Wildman–Crippen LogP) is 1.29. The Morgan fingerprint density at radius 1 is 1.67 bits per heavy atom. The first-order chi connectivity index (χ1) is 7.10. The smallest absolute Gasteiger partial charge is 0.330 e. The highest BCUT2D eigenvalue weighted by Crippen LogP contribution is 2.16. The Morgan fingerprint density at radius 2 is 2.33 bits per heavy atom. The molecule has 15 heavy (non-hydrogen) atoms. The summed E-state index contributed by atoms with van der Waals surface area (Å²) in [5, 5.41) is 4.18. The topological polar surface area (TPSA) is 70.1 Å². The molecule has 1 aromatic heterocycles. The van der Waals surface area contributed by atoms with Crippen LogP contribution in [0.25, 0.3) is 0 Å². The lowest BCUT2D eigenvalue weighted by atomic mass is 10.2. The van der Waals surface area contributed by atoms with Crippen molar-refractivity contribution in [3.05, 3.63) is 11.9 Å². The van der Waals surface area contributed by atoms with Crippen LogP contribution in [0.5, 0.6) is 0 Å². The largest absolute Gasteiger partial charge is 0.464 e. The average Bonchev–Trinajstić information content (AvgIpc) is 2.48. The second-order valence-corrected chi connectivity index (χ2v) is 3.33. The number of nitrogen functional groups attached to an aromatic ring is 1. The van der Waals surface area contributed by atoms with Gasteiger partial charge in [0.05, 0.1) is 18.0 Å². The average molecular weight is 211 g/mol. The number of carbonyl (C=O) groups is 1. The molecule has 1 atom stereocenters. The molecule has 0 amide bonds. The van der Waals surface area contributed by atoms with Gasteiger partial charge >= 0.3 is 5.97 Å². The van der Waals surface area contributed by atoms with Gasteiger partial charge in [0, 0.05) is 6.20 Å². The van der Waals surface area contributed by atoms with Crippen molar-refractivity contribution in [2.45, 2.75) is 33.2 Å². The molecule has 1 rings (SSSR count). The summed E-state index contributed by atoms with van der Waals surface area (Å²) in [6.07, 6.45) is 2.31. The fourth-order valence-electron chi connectivity index (χ4n) is 1.36. The van der Waals surface area contributed by atoms with Gasteiger partial charge in [0.15, 0.2) is 0 Å². The third kappa shape index (κ3) is 2.49. The first-order valence-corrected chi connectivity index (χ1v) is 5.08. The lowest BCUT2D eigenvalue weighted by Gasteiger charge is -2.13. The van der Waals surface area contributed by atoms with Gasteiger partial charge < -0.3 is 10.5 Å². The monoisotopic (exact) mass is 211 g/mol. The van der Waals surface area contributed by atoms with Crippen LogP contribution in [-0.4, -0.2) is 22.4 Å². The second kappa shape index (κ2) is 4.82. The third-order valence-corrected chi connectivity index (χ3v) is 2.22. The van der Waals surface area contributed by atoms with Crippen LogP contribution in [0, 0.1) is 6.92 Å². The quantitative estimate of drug-likeness (QED) is 0.762. The van der Waals surface area contributed by atoms with Crippen LogP contribution in [-0.2, 0) is 9.53 Å². The van der Waals surface area contributed by atoms with Crippen molar-refractivity contribution in [1.29, 1.82) is 0 Å². The predicted molar refractivity (Wildman–Crippen MR) is 57.3 cm³/mol. The molecule has 0 aromatic carbocycles. The minimum atomic E-state index is -0.374. The summed E-state index contributed by atoms with van der Waals surface area (Å²) in [4.78, 5) is 11.6. The molecule has 84 valence electrons. The van der Waals surface area contributed by atoms with Gasteiger partial charge in [-0.3, -0.25) is 4.68 Å². The first-order valence-electron chi connectivity index (χ1n) is 5.08. The van der Waals surface area contributed by atoms with E-state index in [1.165, 1.54) is 0 Å². The number of nitrogens with zero attached hydrogens (tertiary/aromatic N) is 2. The number of rotatable bonds is 4. The maximum absolute atomic E-state index is 11.6. The molecule has 0 aliphatic rings. The minimum absolute atomic E-state index is 0.262. The highest BCUT2D eigenvalue weighted by atomic mass is 16.5. The molecule has 1 heterocycles. The fourth-order valence-corrected chi connectivity index (χ4v) is 1.36. The van der Waals surface area contributed by atoms with Crippen molar-refractivity contribution in [1.82, 2.24) is 9.78 Å². The highest BCUT2D eigenvalue weighted by Gasteiger charge is 2.21. The van der Waals surface area contributed by atoms with E-state index in [2.05, 4.69) is 5.10 Å². The second-order valence-electron chi connectivity index (χ2n) is 3.33. The maximum Gasteiger partial charge on any atom is 0.330 e. The summed E-state index contributed by atoms with van der Waals surface area (Å²) < 4.78 is 6.53. The Kier molecular flexibility index (Phi) is 3.71. The number of hydrogen-bond acceptors (Lipinski definition) is 4. The molecule has 5 heteroatoms. The number of esters is 1. The zero-order valence-electron chi connectivity index (χ0n) is 9.36. The Hall–Kier alpha value is -1.52. The summed E-state index contributed by atoms with van der Waals surface area (Å²) in [7, 11) is 0. The van der Waals surface area contributed by atoms with Gasteiger partial charge in [-0.25, -0.2) is 4.79 Å². The molecule has 0 spiro atoms. The van der Waals surface area contributed by atoms with Crippen LogP contribution in [0.1, 0.15) is 32.0 Å². The van der Waals surface area contributed by atoms with Crippen LogP contribution in [0.2, 0.25) is 0 Å². The number of carbonyl (C=O) groups excluding carboxylic acids is 1. The zero-order chi connectivity index (χ0) is 11.4. The summed E-state index contributed by atoms with van der Waals surface area (Å²) in [6, 6.07) is -0.374. The van der Waals surface area contributed by atoms with Crippen LogP contribution in [0.3, 0.4) is 0 Å². The molecule has 0 saturated carbocycles. The lowest BCUT2D eigenvalue weighted by Crippen LogP contribution is -2.21. The van der Waals surface area contributed by atoms with Gasteiger partial charge in [0.1, 0.15) is 6.04 Å². The molecule has 2 N–H and O–H groups in total. The highest BCUT2D eigenvalue weighted by molar-refractivity contribution is 5.74. The zero-order valence-corrected chi connectivity index (χ0v) is 9.36. The van der Waals surface area contributed by atoms with Gasteiger partial charge in [0.25, 0.3) is 0 Å². The number of aromatic nitrogens is 2. The normalized spacial score (nSPS) is 12.5. The summed E-state index contributed by atoms with van der Waals surface area (Å²) in [5.41, 5.74) is 7.00. The van der Waals surface area contributed by atoms with Gasteiger partial charge in [-0.1, -0.05) is 6.92 Å². The first kappa shape index (κ1) is 11.6. The minimum Gasteiger partial charge on any atom is -0.464 e. The van der Waals surface area contributed by atoms with Crippen LogP contribution in [0.15, 0.2) is 6.20 Å². The summed E-state index contributed by atoms with van der Waals surface area (Å²) in [5.74, 6) is -0.262. The third-order valence-electron chi connectivity index (χ3n) is 2.22. The molecule has 0 bridgehead atoms. The molecular formula is C10H17N3O2. The van der Waals surface area contributed by atoms with Crippen LogP contribution in [0.4, 0.5) is 5.69 Å². The fraction of sp³-hybridized carbons (Fsp3) is 0.600. The number of aryl methyl sites for hydroxylation is 1. The number of nitrogens with two attached hydrogens (primary N) is 1. The standard InChI is InChI=1S/C10H17N3O2/c1-4-9(10(14)15-5-2)13-6-8(11)7(3)12-13/h6,9H,4-5,11H2,1-3H3. The van der Waals surface area contributed by atoms with Crippen molar-refractivity contribution in [3.8, 4) is 0 Å². The lowest BCUT2D eigenvalue weighted by molar-refractivity contribution is -0.147. The number of anilines is 1. The van der Waals surface area contributed by atoms with E-state index in [0.29, 0.717) is 18.7 Å².